The maximum Gasteiger partial charge on any atom is 0.107 e. The number of nitrogens with one attached hydrogen (secondary N) is 1. The SMILES string of the molecule is CCCNCc1cnc(CN(CC)CC)s1. The molecule has 0 aliphatic heterocycles. The Labute approximate surface area is 103 Å². The van der Waals surface area contributed by atoms with Crippen molar-refractivity contribution in [3.05, 3.63) is 16.1 Å². The first-order valence-corrected chi connectivity index (χ1v) is 6.98. The predicted molar refractivity (Wildman–Crippen MR) is 70.7 cm³/mol. The zero-order valence-electron chi connectivity index (χ0n) is 10.6. The number of thiazole rings is 1. The highest BCUT2D eigenvalue weighted by atomic mass is 32.1. The van der Waals surface area contributed by atoms with E-state index in [1.54, 1.807) is 0 Å². The molecule has 0 bridgehead atoms. The average Bonchev–Trinajstić information content (AvgIpc) is 2.74. The molecule has 0 aliphatic rings. The number of aromatic nitrogens is 1. The lowest BCUT2D eigenvalue weighted by atomic mass is 10.4. The molecule has 3 nitrogen and oxygen atoms in total. The molecule has 0 unspecified atom stereocenters. The van der Waals surface area contributed by atoms with Gasteiger partial charge in [0.25, 0.3) is 0 Å². The minimum absolute atomic E-state index is 0.962. The summed E-state index contributed by atoms with van der Waals surface area (Å²) in [6.45, 7) is 11.8. The molecule has 1 rings (SSSR count). The van der Waals surface area contributed by atoms with Crippen LogP contribution in [0.2, 0.25) is 0 Å². The van der Waals surface area contributed by atoms with Crippen LogP contribution in [-0.2, 0) is 13.1 Å². The van der Waals surface area contributed by atoms with E-state index in [1.807, 2.05) is 17.5 Å². The largest absolute Gasteiger partial charge is 0.312 e. The van der Waals surface area contributed by atoms with Gasteiger partial charge in [-0.15, -0.1) is 11.3 Å². The zero-order valence-corrected chi connectivity index (χ0v) is 11.4. The lowest BCUT2D eigenvalue weighted by molar-refractivity contribution is 0.295. The molecule has 92 valence electrons. The Morgan fingerprint density at radius 3 is 2.69 bits per heavy atom. The third-order valence-electron chi connectivity index (χ3n) is 2.58. The van der Waals surface area contributed by atoms with Crippen LogP contribution in [-0.4, -0.2) is 29.5 Å². The highest BCUT2D eigenvalue weighted by molar-refractivity contribution is 7.11. The third-order valence-corrected chi connectivity index (χ3v) is 3.56. The summed E-state index contributed by atoms with van der Waals surface area (Å²) in [6.07, 6.45) is 3.19. The van der Waals surface area contributed by atoms with Crippen molar-refractivity contribution in [1.29, 1.82) is 0 Å². The Morgan fingerprint density at radius 2 is 2.06 bits per heavy atom. The number of hydrogen-bond donors (Lipinski definition) is 1. The molecule has 0 spiro atoms. The summed E-state index contributed by atoms with van der Waals surface area (Å²) >= 11 is 1.83. The van der Waals surface area contributed by atoms with Crippen LogP contribution < -0.4 is 5.32 Å². The lowest BCUT2D eigenvalue weighted by Crippen LogP contribution is -2.21. The Morgan fingerprint density at radius 1 is 1.31 bits per heavy atom. The van der Waals surface area contributed by atoms with Gasteiger partial charge in [-0.25, -0.2) is 4.98 Å². The van der Waals surface area contributed by atoms with E-state index in [0.29, 0.717) is 0 Å². The summed E-state index contributed by atoms with van der Waals surface area (Å²) in [6, 6.07) is 0. The van der Waals surface area contributed by atoms with Crippen molar-refractivity contribution in [3.63, 3.8) is 0 Å². The van der Waals surface area contributed by atoms with Crippen molar-refractivity contribution >= 4 is 11.3 Å². The van der Waals surface area contributed by atoms with Gasteiger partial charge in [-0.1, -0.05) is 20.8 Å². The molecular weight excluding hydrogens is 218 g/mol. The van der Waals surface area contributed by atoms with Gasteiger partial charge in [0.1, 0.15) is 5.01 Å². The molecule has 4 heteroatoms. The number of hydrogen-bond acceptors (Lipinski definition) is 4. The molecule has 0 atom stereocenters. The summed E-state index contributed by atoms with van der Waals surface area (Å²) < 4.78 is 0. The van der Waals surface area contributed by atoms with Crippen LogP contribution in [0.15, 0.2) is 6.20 Å². The summed E-state index contributed by atoms with van der Waals surface area (Å²) in [5.74, 6) is 0. The van der Waals surface area contributed by atoms with E-state index in [0.717, 1.165) is 32.7 Å². The van der Waals surface area contributed by atoms with E-state index in [4.69, 9.17) is 0 Å². The summed E-state index contributed by atoms with van der Waals surface area (Å²) in [5, 5.41) is 4.64. The van der Waals surface area contributed by atoms with Crippen molar-refractivity contribution in [3.8, 4) is 0 Å². The topological polar surface area (TPSA) is 28.2 Å². The minimum Gasteiger partial charge on any atom is -0.312 e. The van der Waals surface area contributed by atoms with Crippen molar-refractivity contribution in [2.45, 2.75) is 40.3 Å². The average molecular weight is 241 g/mol. The summed E-state index contributed by atoms with van der Waals surface area (Å²) in [5.41, 5.74) is 0. The predicted octanol–water partition coefficient (Wildman–Crippen LogP) is 2.48. The van der Waals surface area contributed by atoms with Gasteiger partial charge >= 0.3 is 0 Å². The van der Waals surface area contributed by atoms with Crippen molar-refractivity contribution in [2.24, 2.45) is 0 Å². The fourth-order valence-corrected chi connectivity index (χ4v) is 2.46. The minimum atomic E-state index is 0.962. The van der Waals surface area contributed by atoms with E-state index in [9.17, 15) is 0 Å². The van der Waals surface area contributed by atoms with Crippen LogP contribution in [0.5, 0.6) is 0 Å². The third kappa shape index (κ3) is 4.60. The first kappa shape index (κ1) is 13.6. The first-order chi connectivity index (χ1) is 7.80. The van der Waals surface area contributed by atoms with E-state index in [-0.39, 0.29) is 0 Å². The van der Waals surface area contributed by atoms with E-state index in [1.165, 1.54) is 16.3 Å². The Bertz CT molecular complexity index is 282. The second-order valence-electron chi connectivity index (χ2n) is 3.86. The second kappa shape index (κ2) is 7.76. The van der Waals surface area contributed by atoms with Gasteiger partial charge in [0.05, 0.1) is 6.54 Å². The van der Waals surface area contributed by atoms with E-state index < -0.39 is 0 Å². The summed E-state index contributed by atoms with van der Waals surface area (Å²) in [4.78, 5) is 8.20. The molecule has 1 N–H and O–H groups in total. The van der Waals surface area contributed by atoms with Crippen molar-refractivity contribution in [2.75, 3.05) is 19.6 Å². The maximum absolute atomic E-state index is 4.47. The van der Waals surface area contributed by atoms with Gasteiger partial charge in [0.2, 0.25) is 0 Å². The zero-order chi connectivity index (χ0) is 11.8. The van der Waals surface area contributed by atoms with Crippen LogP contribution in [0.25, 0.3) is 0 Å². The van der Waals surface area contributed by atoms with Crippen LogP contribution in [0, 0.1) is 0 Å². The first-order valence-electron chi connectivity index (χ1n) is 6.16. The molecule has 0 saturated carbocycles. The molecule has 1 heterocycles. The standard InChI is InChI=1S/C12H23N3S/c1-4-7-13-8-11-9-14-12(16-11)10-15(5-2)6-3/h9,13H,4-8,10H2,1-3H3. The van der Waals surface area contributed by atoms with Gasteiger partial charge in [0.15, 0.2) is 0 Å². The van der Waals surface area contributed by atoms with Crippen LogP contribution >= 0.6 is 11.3 Å². The molecule has 0 radical (unpaired) electrons. The monoisotopic (exact) mass is 241 g/mol. The van der Waals surface area contributed by atoms with Gasteiger partial charge in [-0.2, -0.15) is 0 Å². The Hall–Kier alpha value is -0.450. The normalized spacial score (nSPS) is 11.2. The van der Waals surface area contributed by atoms with Gasteiger partial charge in [-0.3, -0.25) is 4.90 Å². The van der Waals surface area contributed by atoms with Gasteiger partial charge < -0.3 is 5.32 Å². The maximum atomic E-state index is 4.47. The van der Waals surface area contributed by atoms with Crippen LogP contribution in [0.3, 0.4) is 0 Å². The van der Waals surface area contributed by atoms with E-state index >= 15 is 0 Å². The lowest BCUT2D eigenvalue weighted by Gasteiger charge is -2.15. The van der Waals surface area contributed by atoms with Crippen molar-refractivity contribution in [1.82, 2.24) is 15.2 Å². The van der Waals surface area contributed by atoms with Crippen molar-refractivity contribution < 1.29 is 0 Å². The molecule has 0 amide bonds. The highest BCUT2D eigenvalue weighted by Gasteiger charge is 2.05. The Balaban J connectivity index is 2.38. The fraction of sp³-hybridized carbons (Fsp3) is 0.750. The smallest absolute Gasteiger partial charge is 0.107 e. The molecular formula is C12H23N3S. The Kier molecular flexibility index (Phi) is 6.61. The van der Waals surface area contributed by atoms with E-state index in [2.05, 4.69) is 36.0 Å². The fourth-order valence-electron chi connectivity index (χ4n) is 1.53. The van der Waals surface area contributed by atoms with Crippen LogP contribution in [0.1, 0.15) is 37.1 Å². The highest BCUT2D eigenvalue weighted by Crippen LogP contribution is 2.14. The summed E-state index contributed by atoms with van der Waals surface area (Å²) in [7, 11) is 0. The number of nitrogens with zero attached hydrogens (tertiary/aromatic N) is 2. The molecule has 1 aromatic rings. The quantitative estimate of drug-likeness (QED) is 0.709. The molecule has 0 aliphatic carbocycles. The van der Waals surface area contributed by atoms with Gasteiger partial charge in [-0.05, 0) is 26.1 Å². The molecule has 1 aromatic heterocycles. The molecule has 0 saturated heterocycles. The van der Waals surface area contributed by atoms with Gasteiger partial charge in [0, 0.05) is 17.6 Å². The molecule has 0 aromatic carbocycles. The molecule has 0 fully saturated rings. The van der Waals surface area contributed by atoms with Crippen LogP contribution in [0.4, 0.5) is 0 Å². The molecule has 16 heavy (non-hydrogen) atoms. The number of rotatable bonds is 8. The second-order valence-corrected chi connectivity index (χ2v) is 5.06.